The van der Waals surface area contributed by atoms with E-state index < -0.39 is 23.2 Å². The number of carbonyl (C=O) groups excluding carboxylic acids is 1. The van der Waals surface area contributed by atoms with E-state index in [0.717, 1.165) is 18.2 Å². The molecule has 2 aromatic rings. The lowest BCUT2D eigenvalue weighted by Crippen LogP contribution is -2.10. The van der Waals surface area contributed by atoms with Gasteiger partial charge in [-0.15, -0.1) is 0 Å². The van der Waals surface area contributed by atoms with E-state index >= 15 is 0 Å². The fourth-order valence-electron chi connectivity index (χ4n) is 1.84. The van der Waals surface area contributed by atoms with Gasteiger partial charge in [-0.3, -0.25) is 4.79 Å². The Kier molecular flexibility index (Phi) is 4.45. The minimum absolute atomic E-state index is 0.104. The Morgan fingerprint density at radius 2 is 1.65 bits per heavy atom. The first-order valence-electron chi connectivity index (χ1n) is 5.86. The van der Waals surface area contributed by atoms with Crippen molar-refractivity contribution in [3.05, 3.63) is 70.0 Å². The minimum atomic E-state index is -0.761. The number of hydrogen-bond acceptors (Lipinski definition) is 1. The lowest BCUT2D eigenvalue weighted by Gasteiger charge is -2.06. The summed E-state index contributed by atoms with van der Waals surface area (Å²) < 4.78 is 39.7. The van der Waals surface area contributed by atoms with Crippen molar-refractivity contribution in [2.24, 2.45) is 0 Å². The first-order chi connectivity index (χ1) is 9.47. The van der Waals surface area contributed by atoms with Gasteiger partial charge in [0, 0.05) is 23.4 Å². The van der Waals surface area contributed by atoms with Gasteiger partial charge in [-0.05, 0) is 29.8 Å². The van der Waals surface area contributed by atoms with E-state index in [1.165, 1.54) is 18.2 Å². The van der Waals surface area contributed by atoms with Crippen LogP contribution in [0.4, 0.5) is 13.2 Å². The molecule has 1 nitrogen and oxygen atoms in total. The number of halogens is 4. The molecule has 104 valence electrons. The molecule has 0 heterocycles. The molecule has 5 heteroatoms. The van der Waals surface area contributed by atoms with E-state index in [4.69, 9.17) is 11.6 Å². The van der Waals surface area contributed by atoms with Crippen molar-refractivity contribution in [3.8, 4) is 0 Å². The summed E-state index contributed by atoms with van der Waals surface area (Å²) in [4.78, 5) is 11.8. The molecule has 20 heavy (non-hydrogen) atoms. The van der Waals surface area contributed by atoms with Crippen LogP contribution in [-0.4, -0.2) is 5.78 Å². The fraction of sp³-hybridized carbons (Fsp3) is 0.133. The Bertz CT molecular complexity index is 635. The van der Waals surface area contributed by atoms with Crippen molar-refractivity contribution >= 4 is 17.4 Å². The molecule has 0 atom stereocenters. The Labute approximate surface area is 119 Å². The normalized spacial score (nSPS) is 10.6. The lowest BCUT2D eigenvalue weighted by atomic mass is 10.0. The highest BCUT2D eigenvalue weighted by Crippen LogP contribution is 2.19. The molecule has 2 rings (SSSR count). The molecule has 0 saturated heterocycles. The largest absolute Gasteiger partial charge is 0.299 e. The smallest absolute Gasteiger partial charge is 0.141 e. The summed E-state index contributed by atoms with van der Waals surface area (Å²) >= 11 is 5.80. The minimum Gasteiger partial charge on any atom is -0.299 e. The highest BCUT2D eigenvalue weighted by atomic mass is 35.5. The van der Waals surface area contributed by atoms with Crippen LogP contribution < -0.4 is 0 Å². The molecule has 0 unspecified atom stereocenters. The van der Waals surface area contributed by atoms with E-state index in [9.17, 15) is 18.0 Å². The van der Waals surface area contributed by atoms with Crippen LogP contribution in [0.15, 0.2) is 36.4 Å². The van der Waals surface area contributed by atoms with Crippen LogP contribution in [0.5, 0.6) is 0 Å². The van der Waals surface area contributed by atoms with Crippen LogP contribution in [0.2, 0.25) is 5.02 Å². The molecule has 0 aliphatic rings. The molecule has 0 bridgehead atoms. The molecule has 0 fully saturated rings. The Hall–Kier alpha value is -1.81. The monoisotopic (exact) mass is 298 g/mol. The Balaban J connectivity index is 2.13. The number of rotatable bonds is 4. The zero-order valence-electron chi connectivity index (χ0n) is 10.3. The van der Waals surface area contributed by atoms with E-state index in [2.05, 4.69) is 0 Å². The molecule has 0 saturated carbocycles. The summed E-state index contributed by atoms with van der Waals surface area (Å²) in [5, 5.41) is 0.118. The van der Waals surface area contributed by atoms with Gasteiger partial charge in [0.25, 0.3) is 0 Å². The summed E-state index contributed by atoms with van der Waals surface area (Å²) in [5.74, 6) is -2.43. The van der Waals surface area contributed by atoms with Crippen LogP contribution in [0.1, 0.15) is 11.1 Å². The standard InChI is InChI=1S/C15H10ClF3O/c16-13-7-10(17)5-4-9(13)6-11(20)8-12-14(18)2-1-3-15(12)19/h1-5,7H,6,8H2. The van der Waals surface area contributed by atoms with Gasteiger partial charge in [-0.2, -0.15) is 0 Å². The number of ketones is 1. The summed E-state index contributed by atoms with van der Waals surface area (Å²) in [7, 11) is 0. The van der Waals surface area contributed by atoms with Crippen molar-refractivity contribution in [2.75, 3.05) is 0 Å². The molecule has 0 aliphatic carbocycles. The molecule has 0 spiro atoms. The Morgan fingerprint density at radius 1 is 1.00 bits per heavy atom. The van der Waals surface area contributed by atoms with Gasteiger partial charge >= 0.3 is 0 Å². The van der Waals surface area contributed by atoms with Crippen molar-refractivity contribution in [3.63, 3.8) is 0 Å². The van der Waals surface area contributed by atoms with Crippen LogP contribution in [0.3, 0.4) is 0 Å². The first kappa shape index (κ1) is 14.6. The predicted octanol–water partition coefficient (Wildman–Crippen LogP) is 4.11. The summed E-state index contributed by atoms with van der Waals surface area (Å²) in [5.41, 5.74) is 0.158. The third-order valence-corrected chi connectivity index (χ3v) is 3.19. The number of Topliss-reactive ketones (excluding diaryl/α,β-unsaturated/α-hetero) is 1. The highest BCUT2D eigenvalue weighted by molar-refractivity contribution is 6.31. The van der Waals surface area contributed by atoms with Crippen LogP contribution in [-0.2, 0) is 17.6 Å². The van der Waals surface area contributed by atoms with Gasteiger partial charge in [-0.25, -0.2) is 13.2 Å². The van der Waals surface area contributed by atoms with Crippen molar-refractivity contribution in [1.82, 2.24) is 0 Å². The molecular weight excluding hydrogens is 289 g/mol. The zero-order chi connectivity index (χ0) is 14.7. The van der Waals surface area contributed by atoms with Gasteiger partial charge in [0.15, 0.2) is 0 Å². The van der Waals surface area contributed by atoms with Crippen molar-refractivity contribution < 1.29 is 18.0 Å². The third kappa shape index (κ3) is 3.39. The third-order valence-electron chi connectivity index (χ3n) is 2.84. The van der Waals surface area contributed by atoms with E-state index in [1.54, 1.807) is 0 Å². The maximum absolute atomic E-state index is 13.4. The van der Waals surface area contributed by atoms with E-state index in [1.807, 2.05) is 0 Å². The number of carbonyl (C=O) groups is 1. The molecule has 0 aliphatic heterocycles. The second kappa shape index (κ2) is 6.09. The maximum Gasteiger partial charge on any atom is 0.141 e. The second-order valence-electron chi connectivity index (χ2n) is 4.33. The summed E-state index contributed by atoms with van der Waals surface area (Å²) in [6.45, 7) is 0. The Morgan fingerprint density at radius 3 is 2.25 bits per heavy atom. The topological polar surface area (TPSA) is 17.1 Å². The second-order valence-corrected chi connectivity index (χ2v) is 4.74. The molecule has 0 N–H and O–H groups in total. The van der Waals surface area contributed by atoms with Gasteiger partial charge in [0.2, 0.25) is 0 Å². The first-order valence-corrected chi connectivity index (χ1v) is 6.23. The average Bonchev–Trinajstić information content (AvgIpc) is 2.37. The number of hydrogen-bond donors (Lipinski definition) is 0. The van der Waals surface area contributed by atoms with Gasteiger partial charge < -0.3 is 0 Å². The quantitative estimate of drug-likeness (QED) is 0.830. The van der Waals surface area contributed by atoms with E-state index in [0.29, 0.717) is 5.56 Å². The number of benzene rings is 2. The van der Waals surface area contributed by atoms with Crippen molar-refractivity contribution in [2.45, 2.75) is 12.8 Å². The summed E-state index contributed by atoms with van der Waals surface area (Å²) in [6.07, 6.45) is -0.473. The fourth-order valence-corrected chi connectivity index (χ4v) is 2.07. The van der Waals surface area contributed by atoms with Crippen LogP contribution in [0.25, 0.3) is 0 Å². The zero-order valence-corrected chi connectivity index (χ0v) is 11.1. The molecule has 0 radical (unpaired) electrons. The lowest BCUT2D eigenvalue weighted by molar-refractivity contribution is -0.117. The predicted molar refractivity (Wildman–Crippen MR) is 70.2 cm³/mol. The average molecular weight is 299 g/mol. The van der Waals surface area contributed by atoms with Crippen LogP contribution >= 0.6 is 11.6 Å². The van der Waals surface area contributed by atoms with Gasteiger partial charge in [0.05, 0.1) is 0 Å². The van der Waals surface area contributed by atoms with Crippen molar-refractivity contribution in [1.29, 1.82) is 0 Å². The van der Waals surface area contributed by atoms with Gasteiger partial charge in [0.1, 0.15) is 23.2 Å². The molecule has 2 aromatic carbocycles. The van der Waals surface area contributed by atoms with Crippen LogP contribution in [0, 0.1) is 17.5 Å². The maximum atomic E-state index is 13.4. The van der Waals surface area contributed by atoms with E-state index in [-0.39, 0.29) is 23.4 Å². The molecule has 0 aromatic heterocycles. The van der Waals surface area contributed by atoms with Gasteiger partial charge in [-0.1, -0.05) is 23.7 Å². The molecular formula is C15H10ClF3O. The molecule has 0 amide bonds. The SMILES string of the molecule is O=C(Cc1ccc(F)cc1Cl)Cc1c(F)cccc1F. The summed E-state index contributed by atoms with van der Waals surface area (Å²) in [6, 6.07) is 7.07. The highest BCUT2D eigenvalue weighted by Gasteiger charge is 2.14.